The largest absolute Gasteiger partial charge is 0.324 e. The van der Waals surface area contributed by atoms with Gasteiger partial charge in [-0.25, -0.2) is 4.39 Å². The molecule has 0 radical (unpaired) electrons. The summed E-state index contributed by atoms with van der Waals surface area (Å²) >= 11 is 3.35. The van der Waals surface area contributed by atoms with Crippen LogP contribution in [0.25, 0.3) is 0 Å². The van der Waals surface area contributed by atoms with Crippen LogP contribution in [0.3, 0.4) is 0 Å². The Labute approximate surface area is 104 Å². The van der Waals surface area contributed by atoms with Gasteiger partial charge in [-0.1, -0.05) is 28.4 Å². The van der Waals surface area contributed by atoms with Crippen LogP contribution < -0.4 is 5.73 Å². The minimum Gasteiger partial charge on any atom is -0.324 e. The fourth-order valence-corrected chi connectivity index (χ4v) is 2.44. The molecule has 2 N–H and O–H groups in total. The minimum absolute atomic E-state index is 0. The third kappa shape index (κ3) is 2.71. The lowest BCUT2D eigenvalue weighted by Gasteiger charge is -2.31. The molecule has 1 aromatic rings. The maximum atomic E-state index is 12.8. The molecule has 1 atom stereocenters. The summed E-state index contributed by atoms with van der Waals surface area (Å²) in [5.41, 5.74) is 7.12. The molecule has 2 rings (SSSR count). The van der Waals surface area contributed by atoms with Crippen LogP contribution >= 0.6 is 28.3 Å². The number of benzene rings is 1. The van der Waals surface area contributed by atoms with Crippen LogP contribution in [0.1, 0.15) is 30.9 Å². The van der Waals surface area contributed by atoms with Crippen molar-refractivity contribution in [1.29, 1.82) is 0 Å². The maximum absolute atomic E-state index is 12.8. The second-order valence-corrected chi connectivity index (χ2v) is 4.74. The van der Waals surface area contributed by atoms with Gasteiger partial charge in [-0.2, -0.15) is 0 Å². The number of halogens is 3. The monoisotopic (exact) mass is 293 g/mol. The highest BCUT2D eigenvalue weighted by Crippen LogP contribution is 2.38. The Hall–Kier alpha value is -0.120. The van der Waals surface area contributed by atoms with Crippen LogP contribution in [0.5, 0.6) is 0 Å². The van der Waals surface area contributed by atoms with Gasteiger partial charge in [0.25, 0.3) is 0 Å². The van der Waals surface area contributed by atoms with E-state index in [2.05, 4.69) is 15.9 Å². The molecule has 0 amide bonds. The van der Waals surface area contributed by atoms with Crippen molar-refractivity contribution in [2.24, 2.45) is 11.7 Å². The Bertz CT molecular complexity index is 341. The van der Waals surface area contributed by atoms with E-state index in [9.17, 15) is 4.39 Å². The van der Waals surface area contributed by atoms with Gasteiger partial charge >= 0.3 is 0 Å². The Morgan fingerprint density at radius 2 is 2.07 bits per heavy atom. The van der Waals surface area contributed by atoms with Crippen LogP contribution in [0, 0.1) is 11.7 Å². The Balaban J connectivity index is 0.00000112. The molecule has 0 spiro atoms. The molecule has 1 aliphatic carbocycles. The Morgan fingerprint density at radius 3 is 2.53 bits per heavy atom. The molecule has 0 heterocycles. The maximum Gasteiger partial charge on any atom is 0.124 e. The zero-order chi connectivity index (χ0) is 10.1. The van der Waals surface area contributed by atoms with E-state index in [1.54, 1.807) is 6.07 Å². The van der Waals surface area contributed by atoms with Gasteiger partial charge in [0, 0.05) is 10.5 Å². The summed E-state index contributed by atoms with van der Waals surface area (Å²) in [7, 11) is 0. The molecule has 1 fully saturated rings. The molecule has 0 bridgehead atoms. The summed E-state index contributed by atoms with van der Waals surface area (Å²) in [6.07, 6.45) is 3.67. The molecule has 1 aromatic carbocycles. The van der Waals surface area contributed by atoms with Gasteiger partial charge in [0.2, 0.25) is 0 Å². The van der Waals surface area contributed by atoms with Crippen molar-refractivity contribution in [3.63, 3.8) is 0 Å². The lowest BCUT2D eigenvalue weighted by Crippen LogP contribution is -2.27. The average Bonchev–Trinajstić information content (AvgIpc) is 2.00. The topological polar surface area (TPSA) is 26.0 Å². The molecule has 84 valence electrons. The van der Waals surface area contributed by atoms with Crippen molar-refractivity contribution in [3.8, 4) is 0 Å². The van der Waals surface area contributed by atoms with Gasteiger partial charge in [-0.3, -0.25) is 0 Å². The average molecular weight is 295 g/mol. The molecular formula is C11H14BrClFN. The molecule has 15 heavy (non-hydrogen) atoms. The molecule has 0 aliphatic heterocycles. The third-order valence-corrected chi connectivity index (χ3v) is 3.67. The van der Waals surface area contributed by atoms with Crippen molar-refractivity contribution in [3.05, 3.63) is 34.1 Å². The standard InChI is InChI=1S/C11H13BrFN.ClH/c12-10-6-8(13)4-5-9(10)11(14)7-2-1-3-7;/h4-7,11H,1-3,14H2;1H/t11-;/m0./s1. The van der Waals surface area contributed by atoms with E-state index in [4.69, 9.17) is 5.73 Å². The van der Waals surface area contributed by atoms with E-state index in [0.29, 0.717) is 5.92 Å². The third-order valence-electron chi connectivity index (χ3n) is 2.98. The fraction of sp³-hybridized carbons (Fsp3) is 0.455. The molecule has 0 aromatic heterocycles. The van der Waals surface area contributed by atoms with Crippen molar-refractivity contribution < 1.29 is 4.39 Å². The van der Waals surface area contributed by atoms with Crippen molar-refractivity contribution >= 4 is 28.3 Å². The Morgan fingerprint density at radius 1 is 1.40 bits per heavy atom. The summed E-state index contributed by atoms with van der Waals surface area (Å²) in [5, 5.41) is 0. The number of nitrogens with two attached hydrogens (primary N) is 1. The Kier molecular flexibility index (Phi) is 4.56. The number of hydrogen-bond donors (Lipinski definition) is 1. The number of rotatable bonds is 2. The molecule has 0 unspecified atom stereocenters. The SMILES string of the molecule is Cl.N[C@H](c1ccc(F)cc1Br)C1CCC1. The molecule has 1 aliphatic rings. The lowest BCUT2D eigenvalue weighted by molar-refractivity contribution is 0.264. The van der Waals surface area contributed by atoms with Crippen molar-refractivity contribution in [2.45, 2.75) is 25.3 Å². The minimum atomic E-state index is -0.221. The molecular weight excluding hydrogens is 280 g/mol. The van der Waals surface area contributed by atoms with Gasteiger partial charge in [0.15, 0.2) is 0 Å². The highest BCUT2D eigenvalue weighted by molar-refractivity contribution is 9.10. The summed E-state index contributed by atoms with van der Waals surface area (Å²) in [6, 6.07) is 4.79. The van der Waals surface area contributed by atoms with E-state index < -0.39 is 0 Å². The zero-order valence-electron chi connectivity index (χ0n) is 8.25. The summed E-state index contributed by atoms with van der Waals surface area (Å²) in [6.45, 7) is 0. The highest BCUT2D eigenvalue weighted by atomic mass is 79.9. The van der Waals surface area contributed by atoms with E-state index in [0.717, 1.165) is 10.0 Å². The predicted octanol–water partition coefficient (Wildman–Crippen LogP) is 3.81. The first-order chi connectivity index (χ1) is 6.68. The zero-order valence-corrected chi connectivity index (χ0v) is 10.7. The first-order valence-corrected chi connectivity index (χ1v) is 5.68. The highest BCUT2D eigenvalue weighted by Gasteiger charge is 2.26. The van der Waals surface area contributed by atoms with E-state index in [1.165, 1.54) is 31.4 Å². The van der Waals surface area contributed by atoms with Crippen LogP contribution in [-0.4, -0.2) is 0 Å². The molecule has 0 saturated heterocycles. The first-order valence-electron chi connectivity index (χ1n) is 4.89. The quantitative estimate of drug-likeness (QED) is 0.882. The second kappa shape index (κ2) is 5.28. The lowest BCUT2D eigenvalue weighted by atomic mass is 9.77. The molecule has 1 nitrogen and oxygen atoms in total. The van der Waals surface area contributed by atoms with E-state index >= 15 is 0 Å². The van der Waals surface area contributed by atoms with Gasteiger partial charge in [0.1, 0.15) is 5.82 Å². The smallest absolute Gasteiger partial charge is 0.124 e. The van der Waals surface area contributed by atoms with Gasteiger partial charge in [0.05, 0.1) is 0 Å². The summed E-state index contributed by atoms with van der Waals surface area (Å²) < 4.78 is 13.6. The van der Waals surface area contributed by atoms with Crippen molar-refractivity contribution in [1.82, 2.24) is 0 Å². The molecule has 1 saturated carbocycles. The summed E-state index contributed by atoms with van der Waals surface area (Å²) in [5.74, 6) is 0.359. The van der Waals surface area contributed by atoms with Crippen molar-refractivity contribution in [2.75, 3.05) is 0 Å². The van der Waals surface area contributed by atoms with Gasteiger partial charge in [-0.15, -0.1) is 12.4 Å². The number of hydrogen-bond acceptors (Lipinski definition) is 1. The van der Waals surface area contributed by atoms with Gasteiger partial charge < -0.3 is 5.73 Å². The van der Waals surface area contributed by atoms with Crippen LogP contribution in [0.2, 0.25) is 0 Å². The van der Waals surface area contributed by atoms with E-state index in [-0.39, 0.29) is 24.3 Å². The van der Waals surface area contributed by atoms with Gasteiger partial charge in [-0.05, 0) is 36.5 Å². The van der Waals surface area contributed by atoms with E-state index in [1.807, 2.05) is 0 Å². The van der Waals surface area contributed by atoms with Crippen LogP contribution in [0.15, 0.2) is 22.7 Å². The normalized spacial score (nSPS) is 17.8. The molecule has 4 heteroatoms. The summed E-state index contributed by atoms with van der Waals surface area (Å²) in [4.78, 5) is 0. The van der Waals surface area contributed by atoms with Crippen LogP contribution in [0.4, 0.5) is 4.39 Å². The predicted molar refractivity (Wildman–Crippen MR) is 65.6 cm³/mol. The fourth-order valence-electron chi connectivity index (χ4n) is 1.82. The second-order valence-electron chi connectivity index (χ2n) is 3.88. The van der Waals surface area contributed by atoms with Crippen LogP contribution in [-0.2, 0) is 0 Å². The first kappa shape index (κ1) is 12.9.